The second-order valence-corrected chi connectivity index (χ2v) is 11.9. The van der Waals surface area contributed by atoms with Crippen molar-refractivity contribution in [1.29, 1.82) is 0 Å². The molecule has 4 nitrogen and oxygen atoms in total. The van der Waals surface area contributed by atoms with Crippen molar-refractivity contribution >= 4 is 45.0 Å². The summed E-state index contributed by atoms with van der Waals surface area (Å²) >= 11 is 12.2. The minimum Gasteiger partial charge on any atom is -0.365 e. The number of nitrogens with zero attached hydrogens (tertiary/aromatic N) is 3. The lowest BCUT2D eigenvalue weighted by atomic mass is 9.74. The van der Waals surface area contributed by atoms with Crippen LogP contribution in [0.25, 0.3) is 0 Å². The first-order valence-corrected chi connectivity index (χ1v) is 15.3. The molecule has 0 radical (unpaired) electrons. The minimum absolute atomic E-state index is 0.427. The summed E-state index contributed by atoms with van der Waals surface area (Å²) in [6, 6.07) is 25.9. The molecule has 1 aliphatic heterocycles. The zero-order valence-electron chi connectivity index (χ0n) is 21.3. The van der Waals surface area contributed by atoms with E-state index in [-0.39, 0.29) is 0 Å². The van der Waals surface area contributed by atoms with Crippen molar-refractivity contribution in [2.75, 3.05) is 11.2 Å². The number of anilines is 1. The van der Waals surface area contributed by atoms with E-state index in [2.05, 4.69) is 98.6 Å². The largest absolute Gasteiger partial charge is 0.365 e. The Bertz CT molecular complexity index is 1410. The fourth-order valence-corrected chi connectivity index (χ4v) is 7.46. The van der Waals surface area contributed by atoms with Gasteiger partial charge in [0.05, 0.1) is 18.0 Å². The standard InChI is InChI=1S/C31H29BrClN3OS/c1-38-30-34-25-17-31(37-20-24(25)29(33)35-30)16-8-13-23-14-15-26(28(32)27(23)31)36(18-21-9-4-2-5-10-21)19-22-11-6-3-7-12-22/h2-7,9-12,14-15H,8,13,16-20H2,1H3/t31-/m1/s1. The van der Waals surface area contributed by atoms with Gasteiger partial charge >= 0.3 is 0 Å². The third-order valence-corrected chi connectivity index (χ3v) is 9.28. The lowest BCUT2D eigenvalue weighted by Gasteiger charge is -2.43. The van der Waals surface area contributed by atoms with E-state index in [1.165, 1.54) is 39.7 Å². The molecule has 2 aliphatic rings. The van der Waals surface area contributed by atoms with Crippen LogP contribution < -0.4 is 4.90 Å². The molecule has 3 aromatic carbocycles. The molecule has 0 fully saturated rings. The van der Waals surface area contributed by atoms with E-state index in [1.807, 2.05) is 6.26 Å². The summed E-state index contributed by atoms with van der Waals surface area (Å²) in [4.78, 5) is 11.8. The van der Waals surface area contributed by atoms with Gasteiger partial charge in [0, 0.05) is 35.1 Å². The van der Waals surface area contributed by atoms with Gasteiger partial charge < -0.3 is 9.64 Å². The number of fused-ring (bicyclic) bond motifs is 3. The molecule has 2 heterocycles. The monoisotopic (exact) mass is 605 g/mol. The highest BCUT2D eigenvalue weighted by atomic mass is 79.9. The van der Waals surface area contributed by atoms with Crippen LogP contribution in [0.2, 0.25) is 5.15 Å². The van der Waals surface area contributed by atoms with Crippen molar-refractivity contribution in [3.8, 4) is 0 Å². The SMILES string of the molecule is CSc1nc(Cl)c2c(n1)C[C@@]1(CCCc3ccc(N(Cc4ccccc4)Cc4ccccc4)c(Br)c31)OC2. The average molecular weight is 607 g/mol. The molecule has 6 rings (SSSR count). The van der Waals surface area contributed by atoms with Crippen LogP contribution in [-0.2, 0) is 42.9 Å². The van der Waals surface area contributed by atoms with Crippen LogP contribution in [0.3, 0.4) is 0 Å². The number of thioether (sulfide) groups is 1. The van der Waals surface area contributed by atoms with Gasteiger partial charge in [0.15, 0.2) is 5.16 Å². The van der Waals surface area contributed by atoms with Crippen molar-refractivity contribution in [2.24, 2.45) is 0 Å². The minimum atomic E-state index is -0.437. The Morgan fingerprint density at radius 3 is 2.32 bits per heavy atom. The molecule has 0 unspecified atom stereocenters. The van der Waals surface area contributed by atoms with E-state index in [9.17, 15) is 0 Å². The van der Waals surface area contributed by atoms with E-state index in [4.69, 9.17) is 21.3 Å². The zero-order valence-corrected chi connectivity index (χ0v) is 24.5. The molecule has 4 aromatic rings. The Hall–Kier alpha value is -2.38. The summed E-state index contributed by atoms with van der Waals surface area (Å²) in [5.41, 5.74) is 7.84. The molecule has 38 heavy (non-hydrogen) atoms. The summed E-state index contributed by atoms with van der Waals surface area (Å²) in [6.07, 6.45) is 5.77. The van der Waals surface area contributed by atoms with Gasteiger partial charge in [0.25, 0.3) is 0 Å². The molecule has 7 heteroatoms. The first-order chi connectivity index (χ1) is 18.6. The molecule has 0 N–H and O–H groups in total. The molecule has 0 saturated heterocycles. The van der Waals surface area contributed by atoms with Crippen LogP contribution in [0, 0.1) is 0 Å². The Kier molecular flexibility index (Phi) is 7.50. The maximum absolute atomic E-state index is 6.75. The Balaban J connectivity index is 1.43. The van der Waals surface area contributed by atoms with Crippen LogP contribution in [-0.4, -0.2) is 16.2 Å². The van der Waals surface area contributed by atoms with E-state index in [0.717, 1.165) is 48.1 Å². The van der Waals surface area contributed by atoms with Gasteiger partial charge in [-0.05, 0) is 64.2 Å². The molecule has 1 spiro atoms. The van der Waals surface area contributed by atoms with E-state index < -0.39 is 5.60 Å². The van der Waals surface area contributed by atoms with Gasteiger partial charge in [-0.15, -0.1) is 0 Å². The normalized spacial score (nSPS) is 18.2. The second-order valence-electron chi connectivity index (χ2n) is 10.00. The second kappa shape index (κ2) is 11.0. The molecule has 1 atom stereocenters. The number of benzene rings is 3. The molecule has 0 bridgehead atoms. The number of rotatable bonds is 6. The van der Waals surface area contributed by atoms with Crippen LogP contribution in [0.5, 0.6) is 0 Å². The quantitative estimate of drug-likeness (QED) is 0.126. The van der Waals surface area contributed by atoms with Gasteiger partial charge in [0.2, 0.25) is 0 Å². The van der Waals surface area contributed by atoms with Crippen molar-refractivity contribution in [1.82, 2.24) is 9.97 Å². The van der Waals surface area contributed by atoms with Gasteiger partial charge in [-0.2, -0.15) is 0 Å². The highest BCUT2D eigenvalue weighted by Crippen LogP contribution is 2.50. The third-order valence-electron chi connectivity index (χ3n) is 7.61. The molecule has 1 aliphatic carbocycles. The van der Waals surface area contributed by atoms with Crippen molar-refractivity contribution in [3.05, 3.63) is 116 Å². The van der Waals surface area contributed by atoms with Gasteiger partial charge in [-0.3, -0.25) is 0 Å². The lowest BCUT2D eigenvalue weighted by molar-refractivity contribution is -0.0862. The Labute approximate surface area is 241 Å². The predicted octanol–water partition coefficient (Wildman–Crippen LogP) is 8.13. The fraction of sp³-hybridized carbons (Fsp3) is 0.290. The van der Waals surface area contributed by atoms with E-state index >= 15 is 0 Å². The maximum Gasteiger partial charge on any atom is 0.188 e. The smallest absolute Gasteiger partial charge is 0.188 e. The van der Waals surface area contributed by atoms with Crippen molar-refractivity contribution in [3.63, 3.8) is 0 Å². The van der Waals surface area contributed by atoms with Crippen LogP contribution in [0.4, 0.5) is 5.69 Å². The Morgan fingerprint density at radius 2 is 1.66 bits per heavy atom. The topological polar surface area (TPSA) is 38.2 Å². The highest BCUT2D eigenvalue weighted by Gasteiger charge is 2.44. The average Bonchev–Trinajstić information content (AvgIpc) is 2.94. The number of aromatic nitrogens is 2. The number of halogens is 2. The summed E-state index contributed by atoms with van der Waals surface area (Å²) in [7, 11) is 0. The first kappa shape index (κ1) is 25.9. The predicted molar refractivity (Wildman–Crippen MR) is 159 cm³/mol. The number of hydrogen-bond acceptors (Lipinski definition) is 5. The summed E-state index contributed by atoms with van der Waals surface area (Å²) in [5.74, 6) is 0. The maximum atomic E-state index is 6.75. The zero-order chi connectivity index (χ0) is 26.1. The molecule has 1 aromatic heterocycles. The van der Waals surface area contributed by atoms with Crippen molar-refractivity contribution < 1.29 is 4.74 Å². The summed E-state index contributed by atoms with van der Waals surface area (Å²) in [6.45, 7) is 2.05. The molecular weight excluding hydrogens is 578 g/mol. The van der Waals surface area contributed by atoms with E-state index in [0.29, 0.717) is 23.3 Å². The number of aryl methyl sites for hydroxylation is 1. The number of ether oxygens (including phenoxy) is 1. The van der Waals surface area contributed by atoms with Crippen LogP contribution >= 0.6 is 39.3 Å². The first-order valence-electron chi connectivity index (χ1n) is 12.9. The highest BCUT2D eigenvalue weighted by molar-refractivity contribution is 9.10. The molecule has 194 valence electrons. The van der Waals surface area contributed by atoms with E-state index in [1.54, 1.807) is 0 Å². The van der Waals surface area contributed by atoms with Crippen LogP contribution in [0.1, 0.15) is 46.4 Å². The van der Waals surface area contributed by atoms with Gasteiger partial charge in [-0.1, -0.05) is 90.1 Å². The molecule has 0 saturated carbocycles. The third kappa shape index (κ3) is 5.00. The Morgan fingerprint density at radius 1 is 0.974 bits per heavy atom. The number of hydrogen-bond donors (Lipinski definition) is 0. The summed E-state index contributed by atoms with van der Waals surface area (Å²) in [5, 5.41) is 1.22. The van der Waals surface area contributed by atoms with Crippen molar-refractivity contribution in [2.45, 2.75) is 56.1 Å². The lowest BCUT2D eigenvalue weighted by Crippen LogP contribution is -2.40. The summed E-state index contributed by atoms with van der Waals surface area (Å²) < 4.78 is 7.87. The van der Waals surface area contributed by atoms with Gasteiger partial charge in [-0.25, -0.2) is 9.97 Å². The van der Waals surface area contributed by atoms with Gasteiger partial charge in [0.1, 0.15) is 10.8 Å². The molecule has 0 amide bonds. The fourth-order valence-electron chi connectivity index (χ4n) is 5.79. The van der Waals surface area contributed by atoms with Crippen LogP contribution in [0.15, 0.2) is 82.4 Å². The molecular formula is C31H29BrClN3OS.